The van der Waals surface area contributed by atoms with Gasteiger partial charge in [-0.2, -0.15) is 0 Å². The van der Waals surface area contributed by atoms with Gasteiger partial charge in [-0.3, -0.25) is 0 Å². The maximum absolute atomic E-state index is 12.8. The predicted molar refractivity (Wildman–Crippen MR) is 110 cm³/mol. The number of alkyl halides is 5. The van der Waals surface area contributed by atoms with Gasteiger partial charge in [-0.25, -0.2) is 0 Å². The zero-order chi connectivity index (χ0) is 18.4. The Bertz CT molecular complexity index is 310. The van der Waals surface area contributed by atoms with Gasteiger partial charge in [0.25, 0.3) is 0 Å². The Kier molecular flexibility index (Phi) is 14.6. The minimum atomic E-state index is -4.16. The summed E-state index contributed by atoms with van der Waals surface area (Å²) in [5.41, 5.74) is 0. The molecule has 0 bridgehead atoms. The average Bonchev–Trinajstić information content (AvgIpc) is 2.49. The van der Waals surface area contributed by atoms with Gasteiger partial charge in [0.05, 0.1) is 0 Å². The molecule has 0 aromatic rings. The average molecular weight is 462 g/mol. The van der Waals surface area contributed by atoms with Crippen molar-refractivity contribution in [2.75, 3.05) is 8.86 Å². The first-order valence-electron chi connectivity index (χ1n) is 9.66. The Morgan fingerprint density at radius 2 is 1.29 bits per heavy atom. The van der Waals surface area contributed by atoms with Crippen molar-refractivity contribution in [1.82, 2.24) is 0 Å². The van der Waals surface area contributed by atoms with Crippen molar-refractivity contribution >= 4 is 19.8 Å². The second-order valence-electron chi connectivity index (χ2n) is 7.10. The summed E-state index contributed by atoms with van der Waals surface area (Å²) in [6.45, 7) is 9.90. The van der Waals surface area contributed by atoms with Gasteiger partial charge in [-0.1, -0.05) is 13.8 Å². The Morgan fingerprint density at radius 1 is 0.833 bits per heavy atom. The monoisotopic (exact) mass is 462 g/mol. The number of unbranched alkanes of at least 4 members (excludes halogenated alkanes) is 8. The second-order valence-corrected chi connectivity index (χ2v) is 13.2. The first-order valence-corrected chi connectivity index (χ1v) is 13.8. The van der Waals surface area contributed by atoms with Crippen LogP contribution in [0.15, 0.2) is 10.2 Å². The van der Waals surface area contributed by atoms with E-state index in [4.69, 9.17) is 0 Å². The van der Waals surface area contributed by atoms with Crippen LogP contribution >= 0.6 is 19.8 Å². The summed E-state index contributed by atoms with van der Waals surface area (Å²) in [4.78, 5) is 0. The van der Waals surface area contributed by atoms with Crippen molar-refractivity contribution in [2.45, 2.75) is 97.6 Å². The van der Waals surface area contributed by atoms with E-state index < -0.39 is 26.0 Å². The molecule has 0 aliphatic heterocycles. The summed E-state index contributed by atoms with van der Waals surface area (Å²) in [6, 6.07) is 0. The van der Waals surface area contributed by atoms with E-state index in [9.17, 15) is 13.2 Å². The van der Waals surface area contributed by atoms with Crippen LogP contribution in [0.1, 0.15) is 91.4 Å². The first kappa shape index (κ1) is 24.3. The Morgan fingerprint density at radius 3 is 1.71 bits per heavy atom. The van der Waals surface area contributed by atoms with Crippen LogP contribution in [-0.4, -0.2) is 15.0 Å². The predicted octanol–water partition coefficient (Wildman–Crippen LogP) is 8.54. The van der Waals surface area contributed by atoms with Crippen molar-refractivity contribution in [1.29, 1.82) is 0 Å². The van der Waals surface area contributed by atoms with Gasteiger partial charge in [-0.05, 0) is 0 Å². The molecule has 0 amide bonds. The number of allylic oxidation sites excluding steroid dienone is 1. The molecule has 24 heavy (non-hydrogen) atoms. The summed E-state index contributed by atoms with van der Waals surface area (Å²) in [5, 5.41) is 0. The topological polar surface area (TPSA) is 0 Å². The molecule has 0 N–H and O–H groups in total. The molecular weight excluding hydrogens is 424 g/mol. The van der Waals surface area contributed by atoms with E-state index in [-0.39, 0.29) is 3.58 Å². The fraction of sp³-hybridized carbons (Fsp3) is 0.900. The first-order chi connectivity index (χ1) is 11.3. The van der Waals surface area contributed by atoms with E-state index in [2.05, 4.69) is 20.4 Å². The van der Waals surface area contributed by atoms with Crippen LogP contribution in [0, 0.1) is 5.92 Å². The van der Waals surface area contributed by atoms with Gasteiger partial charge >= 0.3 is 142 Å². The zero-order valence-electron chi connectivity index (χ0n) is 16.0. The van der Waals surface area contributed by atoms with Crippen molar-refractivity contribution in [3.63, 3.8) is 0 Å². The molecule has 0 nitrogen and oxygen atoms in total. The van der Waals surface area contributed by atoms with Gasteiger partial charge < -0.3 is 0 Å². The summed E-state index contributed by atoms with van der Waals surface area (Å²) in [5.74, 6) is 0.818. The minimum absolute atomic E-state index is 0.366. The normalized spacial score (nSPS) is 12.7. The molecule has 0 aromatic heterocycles. The van der Waals surface area contributed by atoms with E-state index in [1.165, 1.54) is 51.4 Å². The van der Waals surface area contributed by atoms with Crippen molar-refractivity contribution in [2.24, 2.45) is 5.92 Å². The fourth-order valence-corrected chi connectivity index (χ4v) is 8.22. The van der Waals surface area contributed by atoms with Crippen LogP contribution in [0.4, 0.5) is 13.2 Å². The van der Waals surface area contributed by atoms with Crippen molar-refractivity contribution in [3.05, 3.63) is 10.2 Å². The quantitative estimate of drug-likeness (QED) is 0.130. The molecule has 4 heteroatoms. The van der Waals surface area contributed by atoms with Crippen LogP contribution in [0.3, 0.4) is 0 Å². The van der Waals surface area contributed by atoms with E-state index in [1.54, 1.807) is 0 Å². The SMILES string of the molecule is C=C(I(CCC)CCCCCCCCCCCC(C)C)C(F)(F)F. The maximum atomic E-state index is 12.8. The molecule has 0 saturated heterocycles. The summed E-state index contributed by atoms with van der Waals surface area (Å²) in [6.07, 6.45) is 9.17. The molecule has 0 aliphatic rings. The second kappa shape index (κ2) is 14.4. The van der Waals surface area contributed by atoms with E-state index in [0.29, 0.717) is 0 Å². The third-order valence-corrected chi connectivity index (χ3v) is 11.1. The van der Waals surface area contributed by atoms with Gasteiger partial charge in [0.2, 0.25) is 0 Å². The molecule has 0 radical (unpaired) electrons. The van der Waals surface area contributed by atoms with Gasteiger partial charge in [0, 0.05) is 0 Å². The zero-order valence-corrected chi connectivity index (χ0v) is 18.1. The summed E-state index contributed by atoms with van der Waals surface area (Å²) in [7, 11) is 0. The molecule has 0 heterocycles. The molecule has 146 valence electrons. The molecular formula is C20H38F3I. The Balaban J connectivity index is 3.61. The van der Waals surface area contributed by atoms with Crippen LogP contribution in [0.25, 0.3) is 0 Å². The number of rotatable bonds is 15. The van der Waals surface area contributed by atoms with Crippen LogP contribution in [0.2, 0.25) is 0 Å². The summed E-state index contributed by atoms with van der Waals surface area (Å²) < 4.78 is 39.6. The van der Waals surface area contributed by atoms with Crippen LogP contribution in [-0.2, 0) is 0 Å². The standard InChI is InChI=1S/C20H38F3I/c1-5-16-24(19(4)20(21,22)23)17-14-12-10-8-6-7-9-11-13-15-18(2)3/h18H,4-17H2,1-3H3. The molecule has 0 rings (SSSR count). The van der Waals surface area contributed by atoms with Crippen LogP contribution < -0.4 is 0 Å². The molecule has 0 spiro atoms. The Hall–Kier alpha value is 0.260. The third-order valence-electron chi connectivity index (χ3n) is 4.19. The van der Waals surface area contributed by atoms with E-state index in [0.717, 1.165) is 34.0 Å². The van der Waals surface area contributed by atoms with Crippen molar-refractivity contribution < 1.29 is 13.2 Å². The fourth-order valence-electron chi connectivity index (χ4n) is 2.75. The molecule has 0 aliphatic carbocycles. The molecule has 0 aromatic carbocycles. The van der Waals surface area contributed by atoms with Gasteiger partial charge in [0.1, 0.15) is 0 Å². The molecule has 0 fully saturated rings. The summed E-state index contributed by atoms with van der Waals surface area (Å²) >= 11 is -2.05. The number of hydrogen-bond donors (Lipinski definition) is 0. The molecule has 0 unspecified atom stereocenters. The van der Waals surface area contributed by atoms with Crippen molar-refractivity contribution in [3.8, 4) is 0 Å². The Labute approximate surface area is 155 Å². The van der Waals surface area contributed by atoms with Crippen LogP contribution in [0.5, 0.6) is 0 Å². The molecule has 0 saturated carbocycles. The van der Waals surface area contributed by atoms with Gasteiger partial charge in [-0.15, -0.1) is 0 Å². The van der Waals surface area contributed by atoms with E-state index in [1.807, 2.05) is 6.92 Å². The number of halogens is 4. The number of hydrogen-bond acceptors (Lipinski definition) is 0. The third kappa shape index (κ3) is 13.5. The van der Waals surface area contributed by atoms with Gasteiger partial charge in [0.15, 0.2) is 0 Å². The van der Waals surface area contributed by atoms with E-state index >= 15 is 0 Å². The molecule has 0 atom stereocenters.